The van der Waals surface area contributed by atoms with Gasteiger partial charge in [-0.1, -0.05) is 0 Å². The maximum Gasteiger partial charge on any atom is 0.141 e. The summed E-state index contributed by atoms with van der Waals surface area (Å²) in [6.07, 6.45) is 1.75. The second-order valence-corrected chi connectivity index (χ2v) is 4.93. The van der Waals surface area contributed by atoms with Gasteiger partial charge in [-0.25, -0.2) is 9.97 Å². The van der Waals surface area contributed by atoms with Gasteiger partial charge in [0.05, 0.1) is 4.70 Å². The Morgan fingerprint density at radius 3 is 2.94 bits per heavy atom. The number of nitrogen functional groups attached to an aromatic ring is 1. The highest BCUT2D eigenvalue weighted by Crippen LogP contribution is 2.36. The van der Waals surface area contributed by atoms with Gasteiger partial charge >= 0.3 is 0 Å². The molecule has 0 radical (unpaired) electrons. The van der Waals surface area contributed by atoms with Crippen LogP contribution in [0.3, 0.4) is 0 Å². The third kappa shape index (κ3) is 1.20. The van der Waals surface area contributed by atoms with E-state index >= 15 is 0 Å². The number of hydrogen-bond donors (Lipinski definition) is 1. The SMILES string of the molecule is Cc1cc(C)c2c(n1)sc1c(N)nccc12. The molecule has 3 rings (SSSR count). The molecule has 0 bridgehead atoms. The standard InChI is InChI=1S/C12H11N3S/c1-6-5-7(2)15-12-9(6)8-3-4-14-11(13)10(8)16-12/h3-5H,1-2H3,(H2,13,14). The van der Waals surface area contributed by atoms with Crippen LogP contribution in [0.2, 0.25) is 0 Å². The van der Waals surface area contributed by atoms with E-state index < -0.39 is 0 Å². The molecule has 3 heterocycles. The first-order chi connectivity index (χ1) is 7.66. The van der Waals surface area contributed by atoms with Gasteiger partial charge in [0.1, 0.15) is 10.6 Å². The molecule has 80 valence electrons. The molecule has 0 aromatic carbocycles. The smallest absolute Gasteiger partial charge is 0.141 e. The van der Waals surface area contributed by atoms with E-state index in [0.29, 0.717) is 5.82 Å². The lowest BCUT2D eigenvalue weighted by Gasteiger charge is -1.98. The summed E-state index contributed by atoms with van der Waals surface area (Å²) in [4.78, 5) is 9.71. The fraction of sp³-hybridized carbons (Fsp3) is 0.167. The Bertz CT molecular complexity index is 700. The van der Waals surface area contributed by atoms with Crippen molar-refractivity contribution in [2.45, 2.75) is 13.8 Å². The zero-order valence-electron chi connectivity index (χ0n) is 9.11. The van der Waals surface area contributed by atoms with Crippen LogP contribution in [0.25, 0.3) is 20.3 Å². The maximum atomic E-state index is 5.88. The fourth-order valence-corrected chi connectivity index (χ4v) is 3.26. The van der Waals surface area contributed by atoms with Crippen molar-refractivity contribution in [3.8, 4) is 0 Å². The number of hydrogen-bond acceptors (Lipinski definition) is 4. The molecule has 0 unspecified atom stereocenters. The summed E-state index contributed by atoms with van der Waals surface area (Å²) in [5.41, 5.74) is 8.17. The van der Waals surface area contributed by atoms with Crippen LogP contribution in [0.4, 0.5) is 5.82 Å². The van der Waals surface area contributed by atoms with Crippen LogP contribution in [-0.4, -0.2) is 9.97 Å². The van der Waals surface area contributed by atoms with E-state index in [1.807, 2.05) is 13.0 Å². The number of aromatic nitrogens is 2. The van der Waals surface area contributed by atoms with Gasteiger partial charge in [-0.2, -0.15) is 0 Å². The minimum atomic E-state index is 0.595. The van der Waals surface area contributed by atoms with Crippen LogP contribution in [0, 0.1) is 13.8 Å². The van der Waals surface area contributed by atoms with Gasteiger partial charge < -0.3 is 5.73 Å². The number of pyridine rings is 2. The van der Waals surface area contributed by atoms with Crippen LogP contribution in [-0.2, 0) is 0 Å². The highest BCUT2D eigenvalue weighted by Gasteiger charge is 2.11. The van der Waals surface area contributed by atoms with Crippen LogP contribution < -0.4 is 5.73 Å². The first-order valence-electron chi connectivity index (χ1n) is 5.08. The number of anilines is 1. The lowest BCUT2D eigenvalue weighted by molar-refractivity contribution is 1.25. The minimum absolute atomic E-state index is 0.595. The van der Waals surface area contributed by atoms with Crippen molar-refractivity contribution in [2.75, 3.05) is 5.73 Å². The van der Waals surface area contributed by atoms with Gasteiger partial charge in [0.2, 0.25) is 0 Å². The highest BCUT2D eigenvalue weighted by molar-refractivity contribution is 7.26. The van der Waals surface area contributed by atoms with Gasteiger partial charge in [-0.15, -0.1) is 11.3 Å². The molecule has 0 saturated heterocycles. The zero-order valence-corrected chi connectivity index (χ0v) is 9.93. The number of nitrogens with zero attached hydrogens (tertiary/aromatic N) is 2. The summed E-state index contributed by atoms with van der Waals surface area (Å²) < 4.78 is 1.04. The molecular weight excluding hydrogens is 218 g/mol. The molecule has 0 saturated carbocycles. The normalized spacial score (nSPS) is 11.4. The van der Waals surface area contributed by atoms with E-state index in [2.05, 4.69) is 23.0 Å². The molecule has 3 aromatic rings. The third-order valence-electron chi connectivity index (χ3n) is 2.71. The first kappa shape index (κ1) is 9.54. The van der Waals surface area contributed by atoms with E-state index in [1.165, 1.54) is 10.9 Å². The number of fused-ring (bicyclic) bond motifs is 3. The van der Waals surface area contributed by atoms with Gasteiger partial charge in [0.25, 0.3) is 0 Å². The predicted molar refractivity (Wildman–Crippen MR) is 68.8 cm³/mol. The molecule has 3 aromatic heterocycles. The molecule has 0 aliphatic carbocycles. The van der Waals surface area contributed by atoms with Gasteiger partial charge in [0, 0.05) is 22.7 Å². The van der Waals surface area contributed by atoms with Crippen LogP contribution in [0.1, 0.15) is 11.3 Å². The molecule has 2 N–H and O–H groups in total. The quantitative estimate of drug-likeness (QED) is 0.644. The Hall–Kier alpha value is -1.68. The highest BCUT2D eigenvalue weighted by atomic mass is 32.1. The van der Waals surface area contributed by atoms with Crippen molar-refractivity contribution in [3.05, 3.63) is 29.6 Å². The number of thiophene rings is 1. The molecule has 0 amide bonds. The van der Waals surface area contributed by atoms with E-state index in [-0.39, 0.29) is 0 Å². The first-order valence-corrected chi connectivity index (χ1v) is 5.89. The third-order valence-corrected chi connectivity index (χ3v) is 3.83. The molecule has 4 heteroatoms. The Labute approximate surface area is 96.9 Å². The van der Waals surface area contributed by atoms with E-state index in [1.54, 1.807) is 17.5 Å². The molecule has 0 aliphatic heterocycles. The molecule has 3 nitrogen and oxygen atoms in total. The number of nitrogens with two attached hydrogens (primary N) is 1. The predicted octanol–water partition coefficient (Wildman–Crippen LogP) is 3.04. The van der Waals surface area contributed by atoms with Gasteiger partial charge in [-0.05, 0) is 31.5 Å². The van der Waals surface area contributed by atoms with Gasteiger partial charge in [-0.3, -0.25) is 0 Å². The summed E-state index contributed by atoms with van der Waals surface area (Å²) in [6.45, 7) is 4.12. The van der Waals surface area contributed by atoms with E-state index in [0.717, 1.165) is 20.6 Å². The number of aryl methyl sites for hydroxylation is 2. The van der Waals surface area contributed by atoms with Crippen molar-refractivity contribution >= 4 is 37.5 Å². The molecule has 0 fully saturated rings. The second kappa shape index (κ2) is 3.15. The summed E-state index contributed by atoms with van der Waals surface area (Å²) in [5, 5.41) is 2.37. The molecule has 0 spiro atoms. The van der Waals surface area contributed by atoms with Crippen molar-refractivity contribution in [1.82, 2.24) is 9.97 Å². The van der Waals surface area contributed by atoms with Crippen LogP contribution in [0.15, 0.2) is 18.3 Å². The number of rotatable bonds is 0. The average Bonchev–Trinajstić information content (AvgIpc) is 2.57. The largest absolute Gasteiger partial charge is 0.383 e. The van der Waals surface area contributed by atoms with E-state index in [4.69, 9.17) is 5.73 Å². The summed E-state index contributed by atoms with van der Waals surface area (Å²) >= 11 is 1.62. The zero-order chi connectivity index (χ0) is 11.3. The average molecular weight is 229 g/mol. The monoisotopic (exact) mass is 229 g/mol. The molecular formula is C12H11N3S. The summed E-state index contributed by atoms with van der Waals surface area (Å²) in [6, 6.07) is 4.11. The van der Waals surface area contributed by atoms with Crippen molar-refractivity contribution in [3.63, 3.8) is 0 Å². The topological polar surface area (TPSA) is 51.8 Å². The summed E-state index contributed by atoms with van der Waals surface area (Å²) in [7, 11) is 0. The Kier molecular flexibility index (Phi) is 1.88. The molecule has 0 atom stereocenters. The van der Waals surface area contributed by atoms with Crippen LogP contribution in [0.5, 0.6) is 0 Å². The molecule has 0 aliphatic rings. The summed E-state index contributed by atoms with van der Waals surface area (Å²) in [5.74, 6) is 0.595. The Morgan fingerprint density at radius 1 is 1.31 bits per heavy atom. The van der Waals surface area contributed by atoms with Gasteiger partial charge in [0.15, 0.2) is 0 Å². The van der Waals surface area contributed by atoms with Crippen molar-refractivity contribution in [1.29, 1.82) is 0 Å². The minimum Gasteiger partial charge on any atom is -0.383 e. The van der Waals surface area contributed by atoms with Crippen LogP contribution >= 0.6 is 11.3 Å². The lowest BCUT2D eigenvalue weighted by Crippen LogP contribution is -1.87. The van der Waals surface area contributed by atoms with E-state index in [9.17, 15) is 0 Å². The lowest BCUT2D eigenvalue weighted by atomic mass is 10.1. The van der Waals surface area contributed by atoms with Crippen molar-refractivity contribution < 1.29 is 0 Å². The fourth-order valence-electron chi connectivity index (χ4n) is 2.07. The Morgan fingerprint density at radius 2 is 2.12 bits per heavy atom. The maximum absolute atomic E-state index is 5.88. The van der Waals surface area contributed by atoms with Crippen molar-refractivity contribution in [2.24, 2.45) is 0 Å². The molecule has 16 heavy (non-hydrogen) atoms. The Balaban J connectivity index is 2.61. The second-order valence-electron chi connectivity index (χ2n) is 3.94.